The predicted molar refractivity (Wildman–Crippen MR) is 75.7 cm³/mol. The summed E-state index contributed by atoms with van der Waals surface area (Å²) < 4.78 is 4.78. The Kier molecular flexibility index (Phi) is 4.30. The second-order valence-corrected chi connectivity index (χ2v) is 3.92. The Balaban J connectivity index is 2.28. The van der Waals surface area contributed by atoms with Gasteiger partial charge in [0.05, 0.1) is 6.61 Å². The monoisotopic (exact) mass is 267 g/mol. The molecule has 0 aliphatic heterocycles. The molecule has 20 heavy (non-hydrogen) atoms. The number of ether oxygens (including phenoxy) is 1. The Morgan fingerprint density at radius 2 is 2.25 bits per heavy atom. The van der Waals surface area contributed by atoms with Crippen LogP contribution in [0.1, 0.15) is 6.92 Å². The van der Waals surface area contributed by atoms with Crippen molar-refractivity contribution in [3.8, 4) is 6.07 Å². The first-order valence-corrected chi connectivity index (χ1v) is 6.14. The largest absolute Gasteiger partial charge is 0.462 e. The van der Waals surface area contributed by atoms with Crippen molar-refractivity contribution in [2.45, 2.75) is 6.92 Å². The third-order valence-corrected chi connectivity index (χ3v) is 2.64. The summed E-state index contributed by atoms with van der Waals surface area (Å²) in [6.45, 7) is 1.91. The SMILES string of the molecule is CCOC(=O)/C(C#N)=C\Nc1nccc2ccccc12. The van der Waals surface area contributed by atoms with E-state index in [1.165, 1.54) is 6.20 Å². The van der Waals surface area contributed by atoms with Crippen molar-refractivity contribution in [1.29, 1.82) is 5.26 Å². The molecule has 0 amide bonds. The number of esters is 1. The number of benzene rings is 1. The molecule has 0 spiro atoms. The molecule has 0 atom stereocenters. The highest BCUT2D eigenvalue weighted by Crippen LogP contribution is 2.20. The third kappa shape index (κ3) is 2.93. The van der Waals surface area contributed by atoms with E-state index in [1.807, 2.05) is 30.3 Å². The topological polar surface area (TPSA) is 75.0 Å². The number of nitrogens with one attached hydrogen (secondary N) is 1. The molecule has 5 heteroatoms. The first kappa shape index (κ1) is 13.6. The summed E-state index contributed by atoms with van der Waals surface area (Å²) in [5, 5.41) is 13.7. The molecule has 1 heterocycles. The maximum Gasteiger partial charge on any atom is 0.350 e. The summed E-state index contributed by atoms with van der Waals surface area (Å²) in [4.78, 5) is 15.7. The highest BCUT2D eigenvalue weighted by molar-refractivity contribution is 5.95. The Bertz CT molecular complexity index is 696. The molecule has 0 aliphatic carbocycles. The van der Waals surface area contributed by atoms with Crippen LogP contribution in [0.15, 0.2) is 48.3 Å². The molecule has 1 aromatic carbocycles. The minimum atomic E-state index is -0.650. The van der Waals surface area contributed by atoms with Gasteiger partial charge in [0.1, 0.15) is 11.9 Å². The van der Waals surface area contributed by atoms with Crippen LogP contribution in [0.4, 0.5) is 5.82 Å². The number of hydrogen-bond acceptors (Lipinski definition) is 5. The lowest BCUT2D eigenvalue weighted by Crippen LogP contribution is -2.08. The number of nitriles is 1. The molecule has 0 bridgehead atoms. The fourth-order valence-corrected chi connectivity index (χ4v) is 1.72. The lowest BCUT2D eigenvalue weighted by molar-refractivity contribution is -0.138. The number of carbonyl (C=O) groups is 1. The van der Waals surface area contributed by atoms with Gasteiger partial charge >= 0.3 is 5.97 Å². The molecule has 0 aliphatic rings. The minimum Gasteiger partial charge on any atom is -0.462 e. The van der Waals surface area contributed by atoms with Gasteiger partial charge < -0.3 is 10.1 Å². The standard InChI is InChI=1S/C15H13N3O2/c1-2-20-15(19)12(9-16)10-18-14-13-6-4-3-5-11(13)7-8-17-14/h3-8,10H,2H2,1H3,(H,17,18)/b12-10-. The van der Waals surface area contributed by atoms with Crippen LogP contribution >= 0.6 is 0 Å². The molecule has 1 N–H and O–H groups in total. The third-order valence-electron chi connectivity index (χ3n) is 2.64. The first-order valence-electron chi connectivity index (χ1n) is 6.14. The quantitative estimate of drug-likeness (QED) is 0.523. The van der Waals surface area contributed by atoms with E-state index in [0.717, 1.165) is 10.8 Å². The van der Waals surface area contributed by atoms with E-state index in [0.29, 0.717) is 5.82 Å². The zero-order valence-corrected chi connectivity index (χ0v) is 11.0. The number of carbonyl (C=O) groups excluding carboxylic acids is 1. The van der Waals surface area contributed by atoms with Gasteiger partial charge in [0, 0.05) is 17.8 Å². The van der Waals surface area contributed by atoms with Gasteiger partial charge in [0.2, 0.25) is 0 Å². The summed E-state index contributed by atoms with van der Waals surface area (Å²) in [5.41, 5.74) is -0.0958. The van der Waals surface area contributed by atoms with Crippen LogP contribution in [-0.2, 0) is 9.53 Å². The van der Waals surface area contributed by atoms with Crippen molar-refractivity contribution in [2.24, 2.45) is 0 Å². The zero-order valence-electron chi connectivity index (χ0n) is 11.0. The van der Waals surface area contributed by atoms with E-state index < -0.39 is 5.97 Å². The number of hydrogen-bond donors (Lipinski definition) is 1. The van der Waals surface area contributed by atoms with Crippen molar-refractivity contribution in [3.63, 3.8) is 0 Å². The van der Waals surface area contributed by atoms with E-state index in [4.69, 9.17) is 10.00 Å². The average molecular weight is 267 g/mol. The first-order chi connectivity index (χ1) is 9.76. The van der Waals surface area contributed by atoms with Crippen molar-refractivity contribution in [2.75, 3.05) is 11.9 Å². The van der Waals surface area contributed by atoms with Gasteiger partial charge in [-0.1, -0.05) is 24.3 Å². The van der Waals surface area contributed by atoms with Gasteiger partial charge in [-0.3, -0.25) is 0 Å². The molecule has 2 aromatic rings. The van der Waals surface area contributed by atoms with E-state index in [9.17, 15) is 4.79 Å². The summed E-state index contributed by atoms with van der Waals surface area (Å²) in [7, 11) is 0. The molecule has 0 unspecified atom stereocenters. The molecule has 0 fully saturated rings. The Hall–Kier alpha value is -2.87. The highest BCUT2D eigenvalue weighted by Gasteiger charge is 2.09. The zero-order chi connectivity index (χ0) is 14.4. The molecular weight excluding hydrogens is 254 g/mol. The van der Waals surface area contributed by atoms with Crippen LogP contribution in [-0.4, -0.2) is 17.6 Å². The summed E-state index contributed by atoms with van der Waals surface area (Å²) in [6, 6.07) is 11.4. The van der Waals surface area contributed by atoms with Gasteiger partial charge in [0.25, 0.3) is 0 Å². The van der Waals surface area contributed by atoms with Gasteiger partial charge in [-0.25, -0.2) is 9.78 Å². The number of fused-ring (bicyclic) bond motifs is 1. The number of pyridine rings is 1. The number of rotatable bonds is 4. The molecular formula is C15H13N3O2. The van der Waals surface area contributed by atoms with Gasteiger partial charge in [-0.2, -0.15) is 5.26 Å². The number of aromatic nitrogens is 1. The molecule has 1 aromatic heterocycles. The Morgan fingerprint density at radius 3 is 3.00 bits per heavy atom. The molecule has 100 valence electrons. The lowest BCUT2D eigenvalue weighted by atomic mass is 10.1. The minimum absolute atomic E-state index is 0.0958. The fraction of sp³-hybridized carbons (Fsp3) is 0.133. The predicted octanol–water partition coefficient (Wildman–Crippen LogP) is 2.62. The smallest absolute Gasteiger partial charge is 0.350 e. The molecule has 0 saturated carbocycles. The van der Waals surface area contributed by atoms with E-state index >= 15 is 0 Å². The second-order valence-electron chi connectivity index (χ2n) is 3.92. The van der Waals surface area contributed by atoms with Crippen molar-refractivity contribution in [3.05, 3.63) is 48.3 Å². The summed E-state index contributed by atoms with van der Waals surface area (Å²) in [5.74, 6) is -0.0668. The maximum absolute atomic E-state index is 11.5. The number of nitrogens with zero attached hydrogens (tertiary/aromatic N) is 2. The number of anilines is 1. The van der Waals surface area contributed by atoms with E-state index in [2.05, 4.69) is 10.3 Å². The van der Waals surface area contributed by atoms with Gasteiger partial charge in [-0.05, 0) is 18.4 Å². The fourth-order valence-electron chi connectivity index (χ4n) is 1.72. The molecule has 0 radical (unpaired) electrons. The maximum atomic E-state index is 11.5. The van der Waals surface area contributed by atoms with E-state index in [-0.39, 0.29) is 12.2 Å². The van der Waals surface area contributed by atoms with Crippen LogP contribution < -0.4 is 5.32 Å². The van der Waals surface area contributed by atoms with Crippen LogP contribution in [0.3, 0.4) is 0 Å². The van der Waals surface area contributed by atoms with Gasteiger partial charge in [0.15, 0.2) is 5.57 Å². The second kappa shape index (κ2) is 6.34. The lowest BCUT2D eigenvalue weighted by Gasteiger charge is -2.05. The van der Waals surface area contributed by atoms with Crippen LogP contribution in [0, 0.1) is 11.3 Å². The Labute approximate surface area is 116 Å². The molecule has 2 rings (SSSR count). The Morgan fingerprint density at radius 1 is 1.45 bits per heavy atom. The normalized spacial score (nSPS) is 10.9. The van der Waals surface area contributed by atoms with E-state index in [1.54, 1.807) is 19.2 Å². The van der Waals surface area contributed by atoms with Crippen molar-refractivity contribution < 1.29 is 9.53 Å². The molecule has 0 saturated heterocycles. The summed E-state index contributed by atoms with van der Waals surface area (Å²) in [6.07, 6.45) is 2.97. The van der Waals surface area contributed by atoms with Crippen LogP contribution in [0.2, 0.25) is 0 Å². The molecule has 5 nitrogen and oxygen atoms in total. The highest BCUT2D eigenvalue weighted by atomic mass is 16.5. The van der Waals surface area contributed by atoms with Crippen molar-refractivity contribution in [1.82, 2.24) is 4.98 Å². The summed E-state index contributed by atoms with van der Waals surface area (Å²) >= 11 is 0. The van der Waals surface area contributed by atoms with Crippen LogP contribution in [0.5, 0.6) is 0 Å². The van der Waals surface area contributed by atoms with Gasteiger partial charge in [-0.15, -0.1) is 0 Å². The average Bonchev–Trinajstić information content (AvgIpc) is 2.48. The van der Waals surface area contributed by atoms with Crippen LogP contribution in [0.25, 0.3) is 10.8 Å². The van der Waals surface area contributed by atoms with Crippen molar-refractivity contribution >= 4 is 22.6 Å².